The van der Waals surface area contributed by atoms with E-state index in [1.54, 1.807) is 6.07 Å². The Balaban J connectivity index is 1.71. The summed E-state index contributed by atoms with van der Waals surface area (Å²) in [4.78, 5) is 4.63. The molecular formula is C24H23Cl3N2O. The first-order valence-corrected chi connectivity index (χ1v) is 11.0. The molecule has 3 aromatic carbocycles. The Labute approximate surface area is 192 Å². The molecule has 1 aliphatic heterocycles. The van der Waals surface area contributed by atoms with Crippen molar-refractivity contribution in [1.29, 1.82) is 0 Å². The lowest BCUT2D eigenvalue weighted by atomic mass is 9.97. The lowest BCUT2D eigenvalue weighted by Gasteiger charge is -2.47. The Morgan fingerprint density at radius 1 is 0.833 bits per heavy atom. The Hall–Kier alpha value is -1.75. The highest BCUT2D eigenvalue weighted by Gasteiger charge is 2.35. The van der Waals surface area contributed by atoms with Crippen LogP contribution in [0.2, 0.25) is 15.1 Å². The molecule has 1 heterocycles. The van der Waals surface area contributed by atoms with Crippen molar-refractivity contribution in [3.63, 3.8) is 0 Å². The smallest absolute Gasteiger partial charge is 0.0685 e. The lowest BCUT2D eigenvalue weighted by molar-refractivity contribution is 0.0884. The van der Waals surface area contributed by atoms with Gasteiger partial charge in [-0.1, -0.05) is 71.2 Å². The molecular weight excluding hydrogens is 439 g/mol. The van der Waals surface area contributed by atoms with Gasteiger partial charge >= 0.3 is 0 Å². The van der Waals surface area contributed by atoms with Crippen molar-refractivity contribution in [2.75, 3.05) is 24.6 Å². The summed E-state index contributed by atoms with van der Waals surface area (Å²) in [5.41, 5.74) is 3.29. The number of piperazine rings is 1. The van der Waals surface area contributed by atoms with Gasteiger partial charge in [0.05, 0.1) is 18.7 Å². The van der Waals surface area contributed by atoms with E-state index < -0.39 is 0 Å². The van der Waals surface area contributed by atoms with Crippen molar-refractivity contribution in [3.8, 4) is 0 Å². The van der Waals surface area contributed by atoms with Crippen molar-refractivity contribution in [2.45, 2.75) is 18.6 Å². The summed E-state index contributed by atoms with van der Waals surface area (Å²) < 4.78 is 0. The fourth-order valence-corrected chi connectivity index (χ4v) is 4.74. The molecule has 2 atom stereocenters. The first-order valence-electron chi connectivity index (χ1n) is 9.91. The summed E-state index contributed by atoms with van der Waals surface area (Å²) in [6.07, 6.45) is 0. The van der Waals surface area contributed by atoms with E-state index in [2.05, 4.69) is 21.9 Å². The Morgan fingerprint density at radius 3 is 2.20 bits per heavy atom. The van der Waals surface area contributed by atoms with Gasteiger partial charge in [-0.05, 0) is 47.5 Å². The van der Waals surface area contributed by atoms with E-state index in [1.165, 1.54) is 5.56 Å². The van der Waals surface area contributed by atoms with Gasteiger partial charge in [0, 0.05) is 40.4 Å². The molecule has 0 amide bonds. The molecule has 1 saturated heterocycles. The van der Waals surface area contributed by atoms with Gasteiger partial charge in [-0.25, -0.2) is 0 Å². The molecule has 0 radical (unpaired) electrons. The highest BCUT2D eigenvalue weighted by Crippen LogP contribution is 2.37. The van der Waals surface area contributed by atoms with E-state index in [9.17, 15) is 5.11 Å². The van der Waals surface area contributed by atoms with E-state index in [1.807, 2.05) is 54.6 Å². The molecule has 1 fully saturated rings. The Morgan fingerprint density at radius 2 is 1.53 bits per heavy atom. The highest BCUT2D eigenvalue weighted by atomic mass is 35.5. The fraction of sp³-hybridized carbons (Fsp3) is 0.250. The zero-order chi connectivity index (χ0) is 21.1. The van der Waals surface area contributed by atoms with Crippen molar-refractivity contribution < 1.29 is 5.11 Å². The Kier molecular flexibility index (Phi) is 6.87. The predicted octanol–water partition coefficient (Wildman–Crippen LogP) is 6.07. The van der Waals surface area contributed by atoms with Crippen LogP contribution in [-0.4, -0.2) is 35.7 Å². The largest absolute Gasteiger partial charge is 0.395 e. The summed E-state index contributed by atoms with van der Waals surface area (Å²) in [6.45, 7) is 2.25. The predicted molar refractivity (Wildman–Crippen MR) is 126 cm³/mol. The van der Waals surface area contributed by atoms with Crippen molar-refractivity contribution in [1.82, 2.24) is 4.90 Å². The minimum Gasteiger partial charge on any atom is -0.395 e. The van der Waals surface area contributed by atoms with Crippen LogP contribution in [0.3, 0.4) is 0 Å². The second-order valence-corrected chi connectivity index (χ2v) is 8.84. The minimum atomic E-state index is 0.00297. The molecule has 30 heavy (non-hydrogen) atoms. The lowest BCUT2D eigenvalue weighted by Crippen LogP contribution is -2.55. The molecule has 1 N–H and O–H groups in total. The number of hydrogen-bond acceptors (Lipinski definition) is 3. The first kappa shape index (κ1) is 21.5. The van der Waals surface area contributed by atoms with Crippen LogP contribution in [0.1, 0.15) is 17.2 Å². The number of aliphatic hydroxyl groups is 1. The van der Waals surface area contributed by atoms with Gasteiger partial charge in [0.15, 0.2) is 0 Å². The van der Waals surface area contributed by atoms with E-state index in [4.69, 9.17) is 34.8 Å². The van der Waals surface area contributed by atoms with E-state index in [0.29, 0.717) is 21.6 Å². The van der Waals surface area contributed by atoms with Crippen LogP contribution in [0.25, 0.3) is 0 Å². The number of halogens is 3. The second-order valence-electron chi connectivity index (χ2n) is 7.56. The average molecular weight is 462 g/mol. The van der Waals surface area contributed by atoms with E-state index in [0.717, 1.165) is 24.3 Å². The molecule has 6 heteroatoms. The van der Waals surface area contributed by atoms with Crippen LogP contribution in [0.4, 0.5) is 5.69 Å². The second kappa shape index (κ2) is 9.59. The van der Waals surface area contributed by atoms with Crippen molar-refractivity contribution >= 4 is 40.5 Å². The van der Waals surface area contributed by atoms with Gasteiger partial charge in [-0.2, -0.15) is 0 Å². The first-order chi connectivity index (χ1) is 14.5. The quantitative estimate of drug-likeness (QED) is 0.499. The molecule has 3 nitrogen and oxygen atoms in total. The third-order valence-electron chi connectivity index (χ3n) is 5.63. The number of hydrogen-bond donors (Lipinski definition) is 1. The summed E-state index contributed by atoms with van der Waals surface area (Å²) in [5, 5.41) is 12.1. The average Bonchev–Trinajstić information content (AvgIpc) is 2.75. The number of rotatable bonds is 5. The molecule has 156 valence electrons. The molecule has 0 saturated carbocycles. The van der Waals surface area contributed by atoms with Gasteiger partial charge in [0.2, 0.25) is 0 Å². The number of benzene rings is 3. The van der Waals surface area contributed by atoms with E-state index >= 15 is 0 Å². The standard InChI is InChI=1S/C24H23Cl3N2O/c25-18-6-9-20(10-7-18)29-14-21(16-30)28(13-17-4-2-1-3-5-17)15-24(29)22-11-8-19(26)12-23(22)27/h1-12,21,24,30H,13-16H2/t21-,24-/m1/s1. The summed E-state index contributed by atoms with van der Waals surface area (Å²) in [5.74, 6) is 0. The topological polar surface area (TPSA) is 26.7 Å². The zero-order valence-corrected chi connectivity index (χ0v) is 18.7. The summed E-state index contributed by atoms with van der Waals surface area (Å²) in [7, 11) is 0. The van der Waals surface area contributed by atoms with Crippen LogP contribution in [0.5, 0.6) is 0 Å². The van der Waals surface area contributed by atoms with Crippen LogP contribution in [0.15, 0.2) is 72.8 Å². The molecule has 0 unspecified atom stereocenters. The maximum absolute atomic E-state index is 10.2. The molecule has 3 aromatic rings. The van der Waals surface area contributed by atoms with Gasteiger partial charge in [-0.15, -0.1) is 0 Å². The maximum Gasteiger partial charge on any atom is 0.0685 e. The molecule has 0 spiro atoms. The normalized spacial score (nSPS) is 19.8. The maximum atomic E-state index is 10.2. The minimum absolute atomic E-state index is 0.00297. The third kappa shape index (κ3) is 4.77. The monoisotopic (exact) mass is 460 g/mol. The van der Waals surface area contributed by atoms with Gasteiger partial charge in [0.25, 0.3) is 0 Å². The SMILES string of the molecule is OC[C@H]1CN(c2ccc(Cl)cc2)[C@@H](c2ccc(Cl)cc2Cl)CN1Cc1ccccc1. The summed E-state index contributed by atoms with van der Waals surface area (Å²) >= 11 is 18.9. The number of anilines is 1. The molecule has 0 aliphatic carbocycles. The van der Waals surface area contributed by atoms with E-state index in [-0.39, 0.29) is 18.7 Å². The van der Waals surface area contributed by atoms with Crippen molar-refractivity contribution in [3.05, 3.63) is 99.0 Å². The van der Waals surface area contributed by atoms with Crippen molar-refractivity contribution in [2.24, 2.45) is 0 Å². The van der Waals surface area contributed by atoms with Gasteiger partial charge in [-0.3, -0.25) is 4.90 Å². The molecule has 4 rings (SSSR count). The molecule has 1 aliphatic rings. The molecule has 0 aromatic heterocycles. The van der Waals surface area contributed by atoms with Gasteiger partial charge in [0.1, 0.15) is 0 Å². The van der Waals surface area contributed by atoms with Gasteiger partial charge < -0.3 is 10.0 Å². The van der Waals surface area contributed by atoms with Crippen LogP contribution in [0, 0.1) is 0 Å². The number of nitrogens with zero attached hydrogens (tertiary/aromatic N) is 2. The van der Waals surface area contributed by atoms with Crippen LogP contribution >= 0.6 is 34.8 Å². The summed E-state index contributed by atoms with van der Waals surface area (Å²) in [6, 6.07) is 23.8. The van der Waals surface area contributed by atoms with Crippen LogP contribution < -0.4 is 4.90 Å². The zero-order valence-electron chi connectivity index (χ0n) is 16.4. The third-order valence-corrected chi connectivity index (χ3v) is 6.44. The number of aliphatic hydroxyl groups excluding tert-OH is 1. The Bertz CT molecular complexity index is 982. The fourth-order valence-electron chi connectivity index (χ4n) is 4.08. The molecule has 0 bridgehead atoms. The van der Waals surface area contributed by atoms with Crippen LogP contribution in [-0.2, 0) is 6.54 Å². The highest BCUT2D eigenvalue weighted by molar-refractivity contribution is 6.35.